The predicted octanol–water partition coefficient (Wildman–Crippen LogP) is 3.02. The Morgan fingerprint density at radius 2 is 1.87 bits per heavy atom. The van der Waals surface area contributed by atoms with Gasteiger partial charge in [0.15, 0.2) is 5.78 Å². The number of carbonyl (C=O) groups excluding carboxylic acids is 1. The average molecular weight is 418 g/mol. The van der Waals surface area contributed by atoms with E-state index in [0.717, 1.165) is 27.8 Å². The number of nitrogens with zero attached hydrogens (tertiary/aromatic N) is 2. The van der Waals surface area contributed by atoms with Gasteiger partial charge in [-0.15, -0.1) is 0 Å². The number of oxime groups is 1. The van der Waals surface area contributed by atoms with Crippen LogP contribution in [0, 0.1) is 26.7 Å². The highest BCUT2D eigenvalue weighted by atomic mass is 16.7. The van der Waals surface area contributed by atoms with Gasteiger partial charge in [0.1, 0.15) is 11.6 Å². The van der Waals surface area contributed by atoms with Gasteiger partial charge in [0, 0.05) is 24.7 Å². The van der Waals surface area contributed by atoms with E-state index in [4.69, 9.17) is 9.57 Å². The number of hydrogen-bond acceptors (Lipinski definition) is 6. The molecule has 2 heterocycles. The van der Waals surface area contributed by atoms with Crippen molar-refractivity contribution < 1.29 is 19.5 Å². The fourth-order valence-corrected chi connectivity index (χ4v) is 5.09. The predicted molar refractivity (Wildman–Crippen MR) is 116 cm³/mol. The maximum atomic E-state index is 13.3. The molecule has 1 N–H and O–H groups in total. The minimum absolute atomic E-state index is 0.121. The summed E-state index contributed by atoms with van der Waals surface area (Å²) >= 11 is 0. The quantitative estimate of drug-likeness (QED) is 0.830. The summed E-state index contributed by atoms with van der Waals surface area (Å²) < 4.78 is 5.86. The third-order valence-corrected chi connectivity index (χ3v) is 6.37. The monoisotopic (exact) mass is 418 g/mol. The number of ketones is 1. The molecule has 0 saturated carbocycles. The van der Waals surface area contributed by atoms with E-state index in [2.05, 4.69) is 17.3 Å². The molecule has 6 nitrogen and oxygen atoms in total. The van der Waals surface area contributed by atoms with E-state index in [-0.39, 0.29) is 5.78 Å². The van der Waals surface area contributed by atoms with Crippen molar-refractivity contribution in [1.29, 1.82) is 0 Å². The summed E-state index contributed by atoms with van der Waals surface area (Å²) in [6, 6.07) is 14.1. The average Bonchev–Trinajstić information content (AvgIpc) is 3.16. The van der Waals surface area contributed by atoms with Gasteiger partial charge in [-0.3, -0.25) is 4.79 Å². The zero-order valence-electron chi connectivity index (χ0n) is 18.0. The van der Waals surface area contributed by atoms with Crippen molar-refractivity contribution in [3.63, 3.8) is 0 Å². The highest BCUT2D eigenvalue weighted by Gasteiger charge is 2.60. The minimum Gasteiger partial charge on any atom is -0.385 e. The molecule has 0 radical (unpaired) electrons. The fraction of sp³-hybridized carbons (Fsp3) is 0.360. The SMILES string of the molecule is Cc1cc(C)c(C2=NO[C@@H]3[C@H]2C(=O)C=C2N(Cc4ccccc4)CCO[C@@]23O)c(C)c1. The molecular weight excluding hydrogens is 392 g/mol. The molecule has 0 spiro atoms. The van der Waals surface area contributed by atoms with Gasteiger partial charge in [0.2, 0.25) is 11.9 Å². The van der Waals surface area contributed by atoms with Crippen molar-refractivity contribution in [3.05, 3.63) is 82.1 Å². The summed E-state index contributed by atoms with van der Waals surface area (Å²) in [6.07, 6.45) is 0.612. The van der Waals surface area contributed by atoms with Crippen LogP contribution in [0.2, 0.25) is 0 Å². The van der Waals surface area contributed by atoms with Gasteiger partial charge in [-0.2, -0.15) is 0 Å². The third-order valence-electron chi connectivity index (χ3n) is 6.37. The topological polar surface area (TPSA) is 71.4 Å². The van der Waals surface area contributed by atoms with E-state index >= 15 is 0 Å². The first kappa shape index (κ1) is 20.0. The largest absolute Gasteiger partial charge is 0.385 e. The van der Waals surface area contributed by atoms with Crippen molar-refractivity contribution in [1.82, 2.24) is 4.90 Å². The molecule has 1 aliphatic carbocycles. The van der Waals surface area contributed by atoms with Crippen molar-refractivity contribution in [2.75, 3.05) is 13.2 Å². The standard InChI is InChI=1S/C25H26N2O4/c1-15-11-16(2)21(17(3)12-15)23-22-19(28)13-20-25(29,24(22)31-26-23)30-10-9-27(20)14-18-7-5-4-6-8-18/h4-8,11-13,22,24,29H,9-10,14H2,1-3H3/t22-,24+,25-/m0/s1. The molecule has 0 bridgehead atoms. The van der Waals surface area contributed by atoms with Gasteiger partial charge in [0.25, 0.3) is 0 Å². The maximum Gasteiger partial charge on any atom is 0.250 e. The molecular formula is C25H26N2O4. The van der Waals surface area contributed by atoms with Crippen molar-refractivity contribution in [2.45, 2.75) is 39.2 Å². The maximum absolute atomic E-state index is 13.3. The lowest BCUT2D eigenvalue weighted by molar-refractivity contribution is -0.271. The first-order valence-electron chi connectivity index (χ1n) is 10.6. The molecule has 2 aliphatic heterocycles. The van der Waals surface area contributed by atoms with Crippen LogP contribution in [0.25, 0.3) is 0 Å². The second-order valence-corrected chi connectivity index (χ2v) is 8.64. The summed E-state index contributed by atoms with van der Waals surface area (Å²) in [4.78, 5) is 21.0. The van der Waals surface area contributed by atoms with Crippen LogP contribution < -0.4 is 0 Å². The van der Waals surface area contributed by atoms with E-state index in [0.29, 0.717) is 31.1 Å². The Balaban J connectivity index is 1.52. The highest BCUT2D eigenvalue weighted by Crippen LogP contribution is 2.44. The van der Waals surface area contributed by atoms with Gasteiger partial charge < -0.3 is 19.6 Å². The summed E-state index contributed by atoms with van der Waals surface area (Å²) in [5, 5.41) is 15.9. The third kappa shape index (κ3) is 3.18. The molecule has 5 rings (SSSR count). The van der Waals surface area contributed by atoms with Gasteiger partial charge in [0.05, 0.1) is 12.3 Å². The van der Waals surface area contributed by atoms with Crippen LogP contribution in [-0.2, 0) is 20.9 Å². The number of ether oxygens (including phenoxy) is 1. The van der Waals surface area contributed by atoms with Crippen LogP contribution in [-0.4, -0.2) is 46.5 Å². The number of benzene rings is 2. The van der Waals surface area contributed by atoms with E-state index in [1.54, 1.807) is 0 Å². The van der Waals surface area contributed by atoms with E-state index < -0.39 is 17.8 Å². The van der Waals surface area contributed by atoms with E-state index in [9.17, 15) is 9.90 Å². The minimum atomic E-state index is -1.72. The molecule has 3 aliphatic rings. The Kier molecular flexibility index (Phi) is 4.72. The molecule has 0 amide bonds. The molecule has 0 aromatic heterocycles. The fourth-order valence-electron chi connectivity index (χ4n) is 5.09. The molecule has 31 heavy (non-hydrogen) atoms. The van der Waals surface area contributed by atoms with Crippen LogP contribution in [0.3, 0.4) is 0 Å². The number of hydrogen-bond donors (Lipinski definition) is 1. The Labute approximate surface area is 181 Å². The number of rotatable bonds is 3. The Morgan fingerprint density at radius 1 is 1.16 bits per heavy atom. The van der Waals surface area contributed by atoms with Gasteiger partial charge in [-0.25, -0.2) is 0 Å². The lowest BCUT2D eigenvalue weighted by atomic mass is 9.77. The van der Waals surface area contributed by atoms with Crippen molar-refractivity contribution in [3.8, 4) is 0 Å². The molecule has 6 heteroatoms. The number of fused-ring (bicyclic) bond motifs is 3. The van der Waals surface area contributed by atoms with E-state index in [1.165, 1.54) is 6.08 Å². The number of allylic oxidation sites excluding steroid dienone is 1. The van der Waals surface area contributed by atoms with Crippen LogP contribution in [0.5, 0.6) is 0 Å². The number of aryl methyl sites for hydroxylation is 3. The lowest BCUT2D eigenvalue weighted by Crippen LogP contribution is -2.61. The normalized spacial score (nSPS) is 27.2. The second kappa shape index (κ2) is 7.32. The second-order valence-electron chi connectivity index (χ2n) is 8.64. The van der Waals surface area contributed by atoms with Gasteiger partial charge in [-0.1, -0.05) is 53.2 Å². The van der Waals surface area contributed by atoms with Crippen LogP contribution in [0.1, 0.15) is 27.8 Å². The summed E-state index contributed by atoms with van der Waals surface area (Å²) in [5.41, 5.74) is 6.23. The molecule has 2 aromatic rings. The van der Waals surface area contributed by atoms with Gasteiger partial charge in [-0.05, 0) is 37.5 Å². The molecule has 160 valence electrons. The van der Waals surface area contributed by atoms with Gasteiger partial charge >= 0.3 is 0 Å². The number of morpholine rings is 1. The smallest absolute Gasteiger partial charge is 0.250 e. The Morgan fingerprint density at radius 3 is 2.58 bits per heavy atom. The van der Waals surface area contributed by atoms with Crippen molar-refractivity contribution >= 4 is 11.5 Å². The zero-order valence-corrected chi connectivity index (χ0v) is 18.0. The molecule has 1 saturated heterocycles. The van der Waals surface area contributed by atoms with Crippen LogP contribution in [0.15, 0.2) is 59.4 Å². The molecule has 2 aromatic carbocycles. The van der Waals surface area contributed by atoms with Crippen LogP contribution >= 0.6 is 0 Å². The molecule has 3 atom stereocenters. The van der Waals surface area contributed by atoms with Crippen molar-refractivity contribution in [2.24, 2.45) is 11.1 Å². The summed E-state index contributed by atoms with van der Waals surface area (Å²) in [6.45, 7) is 7.55. The lowest BCUT2D eigenvalue weighted by Gasteiger charge is -2.47. The van der Waals surface area contributed by atoms with Crippen LogP contribution in [0.4, 0.5) is 0 Å². The Hall–Kier alpha value is -2.96. The first-order valence-corrected chi connectivity index (χ1v) is 10.6. The first-order chi connectivity index (χ1) is 14.9. The number of aliphatic hydroxyl groups is 1. The molecule has 0 unspecified atom stereocenters. The van der Waals surface area contributed by atoms with E-state index in [1.807, 2.05) is 56.0 Å². The number of carbonyl (C=O) groups is 1. The summed E-state index contributed by atoms with van der Waals surface area (Å²) in [7, 11) is 0. The molecule has 1 fully saturated rings. The highest BCUT2D eigenvalue weighted by molar-refractivity contribution is 6.19. The summed E-state index contributed by atoms with van der Waals surface area (Å²) in [5.74, 6) is -2.54. The Bertz CT molecular complexity index is 1080. The zero-order chi connectivity index (χ0) is 21.8.